The molecule has 0 spiro atoms. The lowest BCUT2D eigenvalue weighted by Crippen LogP contribution is -2.28. The number of ether oxygens (including phenoxy) is 1. The fraction of sp³-hybridized carbons (Fsp3) is 0.857. The SMILES string of the molecule is CCCCCN(O)C(=O)OC. The first-order valence-electron chi connectivity index (χ1n) is 3.76. The average molecular weight is 161 g/mol. The highest BCUT2D eigenvalue weighted by molar-refractivity contribution is 5.65. The zero-order chi connectivity index (χ0) is 8.69. The molecule has 0 saturated carbocycles. The zero-order valence-corrected chi connectivity index (χ0v) is 7.04. The Balaban J connectivity index is 3.36. The van der Waals surface area contributed by atoms with E-state index in [2.05, 4.69) is 11.7 Å². The molecule has 1 amide bonds. The van der Waals surface area contributed by atoms with E-state index in [1.807, 2.05) is 0 Å². The molecule has 0 rings (SSSR count). The topological polar surface area (TPSA) is 49.8 Å². The van der Waals surface area contributed by atoms with Gasteiger partial charge in [-0.25, -0.2) is 4.79 Å². The standard InChI is InChI=1S/C7H15NO3/c1-3-4-5-6-8(10)7(9)11-2/h10H,3-6H2,1-2H3. The highest BCUT2D eigenvalue weighted by Crippen LogP contribution is 1.96. The van der Waals surface area contributed by atoms with Crippen molar-refractivity contribution in [2.45, 2.75) is 26.2 Å². The molecule has 4 nitrogen and oxygen atoms in total. The first-order valence-corrected chi connectivity index (χ1v) is 3.76. The molecule has 0 bridgehead atoms. The molecule has 0 aliphatic rings. The summed E-state index contributed by atoms with van der Waals surface area (Å²) in [7, 11) is 1.24. The Labute approximate surface area is 66.7 Å². The summed E-state index contributed by atoms with van der Waals surface area (Å²) in [5.74, 6) is 0. The summed E-state index contributed by atoms with van der Waals surface area (Å²) in [5, 5.41) is 9.50. The fourth-order valence-corrected chi connectivity index (χ4v) is 0.708. The van der Waals surface area contributed by atoms with Crippen molar-refractivity contribution in [3.05, 3.63) is 0 Å². The van der Waals surface area contributed by atoms with E-state index in [-0.39, 0.29) is 0 Å². The maximum Gasteiger partial charge on any atom is 0.433 e. The van der Waals surface area contributed by atoms with Crippen molar-refractivity contribution >= 4 is 6.09 Å². The van der Waals surface area contributed by atoms with E-state index in [0.717, 1.165) is 19.3 Å². The second kappa shape index (κ2) is 5.97. The number of hydrogen-bond donors (Lipinski definition) is 1. The quantitative estimate of drug-likeness (QED) is 0.387. The molecule has 0 aromatic rings. The molecule has 0 heterocycles. The normalized spacial score (nSPS) is 9.36. The number of rotatable bonds is 4. The molecular weight excluding hydrogens is 146 g/mol. The van der Waals surface area contributed by atoms with E-state index in [0.29, 0.717) is 11.6 Å². The Bertz CT molecular complexity index is 116. The highest BCUT2D eigenvalue weighted by Gasteiger charge is 2.08. The fourth-order valence-electron chi connectivity index (χ4n) is 0.708. The van der Waals surface area contributed by atoms with Gasteiger partial charge in [0.05, 0.1) is 13.7 Å². The van der Waals surface area contributed by atoms with Crippen molar-refractivity contribution in [1.29, 1.82) is 0 Å². The van der Waals surface area contributed by atoms with Crippen molar-refractivity contribution in [3.63, 3.8) is 0 Å². The van der Waals surface area contributed by atoms with E-state index < -0.39 is 6.09 Å². The van der Waals surface area contributed by atoms with E-state index in [4.69, 9.17) is 5.21 Å². The van der Waals surface area contributed by atoms with Crippen LogP contribution >= 0.6 is 0 Å². The van der Waals surface area contributed by atoms with Crippen molar-refractivity contribution in [2.75, 3.05) is 13.7 Å². The van der Waals surface area contributed by atoms with Gasteiger partial charge in [-0.05, 0) is 6.42 Å². The van der Waals surface area contributed by atoms with Gasteiger partial charge in [-0.3, -0.25) is 5.21 Å². The van der Waals surface area contributed by atoms with Gasteiger partial charge >= 0.3 is 6.09 Å². The summed E-state index contributed by atoms with van der Waals surface area (Å²) in [6, 6.07) is 0. The van der Waals surface area contributed by atoms with E-state index in [1.54, 1.807) is 0 Å². The third-order valence-electron chi connectivity index (χ3n) is 1.36. The summed E-state index contributed by atoms with van der Waals surface area (Å²) >= 11 is 0. The molecular formula is C7H15NO3. The van der Waals surface area contributed by atoms with Gasteiger partial charge in [0, 0.05) is 0 Å². The molecule has 0 radical (unpaired) electrons. The van der Waals surface area contributed by atoms with Crippen LogP contribution in [0, 0.1) is 0 Å². The smallest absolute Gasteiger partial charge is 0.433 e. The lowest BCUT2D eigenvalue weighted by atomic mass is 10.2. The molecule has 0 saturated heterocycles. The van der Waals surface area contributed by atoms with Gasteiger partial charge < -0.3 is 4.74 Å². The number of carbonyl (C=O) groups is 1. The lowest BCUT2D eigenvalue weighted by molar-refractivity contribution is -0.0698. The van der Waals surface area contributed by atoms with Crippen LogP contribution in [0.4, 0.5) is 4.79 Å². The Morgan fingerprint density at radius 3 is 2.64 bits per heavy atom. The predicted octanol–water partition coefficient (Wildman–Crippen LogP) is 1.63. The maximum absolute atomic E-state index is 10.6. The highest BCUT2D eigenvalue weighted by atomic mass is 16.6. The molecule has 0 unspecified atom stereocenters. The lowest BCUT2D eigenvalue weighted by Gasteiger charge is -2.11. The molecule has 11 heavy (non-hydrogen) atoms. The summed E-state index contributed by atoms with van der Waals surface area (Å²) in [4.78, 5) is 10.6. The summed E-state index contributed by atoms with van der Waals surface area (Å²) in [6.45, 7) is 2.40. The number of hydrogen-bond acceptors (Lipinski definition) is 3. The van der Waals surface area contributed by atoms with Gasteiger partial charge in [0.15, 0.2) is 0 Å². The summed E-state index contributed by atoms with van der Waals surface area (Å²) in [5.41, 5.74) is 0. The molecule has 0 aromatic heterocycles. The monoisotopic (exact) mass is 161 g/mol. The second-order valence-corrected chi connectivity index (χ2v) is 2.30. The van der Waals surface area contributed by atoms with Crippen LogP contribution < -0.4 is 0 Å². The van der Waals surface area contributed by atoms with E-state index in [9.17, 15) is 4.79 Å². The maximum atomic E-state index is 10.6. The van der Waals surface area contributed by atoms with Crippen molar-refractivity contribution in [2.24, 2.45) is 0 Å². The van der Waals surface area contributed by atoms with Gasteiger partial charge in [0.2, 0.25) is 0 Å². The van der Waals surface area contributed by atoms with Gasteiger partial charge in [-0.1, -0.05) is 19.8 Å². The molecule has 0 aliphatic carbocycles. The van der Waals surface area contributed by atoms with Crippen LogP contribution in [0.25, 0.3) is 0 Å². The Morgan fingerprint density at radius 1 is 1.55 bits per heavy atom. The van der Waals surface area contributed by atoms with Gasteiger partial charge in [-0.15, -0.1) is 0 Å². The second-order valence-electron chi connectivity index (χ2n) is 2.30. The van der Waals surface area contributed by atoms with Gasteiger partial charge in [0.1, 0.15) is 0 Å². The van der Waals surface area contributed by atoms with Gasteiger partial charge in [-0.2, -0.15) is 5.06 Å². The number of carbonyl (C=O) groups excluding carboxylic acids is 1. The summed E-state index contributed by atoms with van der Waals surface area (Å²) < 4.78 is 4.28. The summed E-state index contributed by atoms with van der Waals surface area (Å²) in [6.07, 6.45) is 2.19. The van der Waals surface area contributed by atoms with Crippen LogP contribution in [0.2, 0.25) is 0 Å². The van der Waals surface area contributed by atoms with Crippen molar-refractivity contribution in [3.8, 4) is 0 Å². The number of amides is 1. The molecule has 66 valence electrons. The minimum atomic E-state index is -0.693. The minimum Gasteiger partial charge on any atom is -0.451 e. The first-order chi connectivity index (χ1) is 5.22. The van der Waals surface area contributed by atoms with Crippen LogP contribution in [-0.2, 0) is 4.74 Å². The van der Waals surface area contributed by atoms with Crippen LogP contribution in [0.3, 0.4) is 0 Å². The number of hydroxylamine groups is 2. The number of nitrogens with zero attached hydrogens (tertiary/aromatic N) is 1. The number of unbranched alkanes of at least 4 members (excludes halogenated alkanes) is 2. The minimum absolute atomic E-state index is 0.348. The molecule has 4 heteroatoms. The van der Waals surface area contributed by atoms with Crippen molar-refractivity contribution in [1.82, 2.24) is 5.06 Å². The third-order valence-corrected chi connectivity index (χ3v) is 1.36. The Morgan fingerprint density at radius 2 is 2.18 bits per heavy atom. The molecule has 0 aliphatic heterocycles. The zero-order valence-electron chi connectivity index (χ0n) is 7.04. The van der Waals surface area contributed by atoms with Crippen LogP contribution in [0.15, 0.2) is 0 Å². The predicted molar refractivity (Wildman–Crippen MR) is 40.4 cm³/mol. The average Bonchev–Trinajstić information content (AvgIpc) is 2.03. The van der Waals surface area contributed by atoms with E-state index >= 15 is 0 Å². The Hall–Kier alpha value is -0.770. The number of methoxy groups -OCH3 is 1. The largest absolute Gasteiger partial charge is 0.451 e. The third kappa shape index (κ3) is 4.61. The van der Waals surface area contributed by atoms with Crippen LogP contribution in [0.1, 0.15) is 26.2 Å². The molecule has 0 atom stereocenters. The Kier molecular flexibility index (Phi) is 5.56. The van der Waals surface area contributed by atoms with Crippen LogP contribution in [-0.4, -0.2) is 30.0 Å². The van der Waals surface area contributed by atoms with Gasteiger partial charge in [0.25, 0.3) is 0 Å². The molecule has 0 fully saturated rings. The van der Waals surface area contributed by atoms with E-state index in [1.165, 1.54) is 7.11 Å². The van der Waals surface area contributed by atoms with Crippen LogP contribution in [0.5, 0.6) is 0 Å². The van der Waals surface area contributed by atoms with Crippen molar-refractivity contribution < 1.29 is 14.7 Å². The molecule has 0 aromatic carbocycles. The first kappa shape index (κ1) is 10.2. The molecule has 1 N–H and O–H groups in total.